The first-order valence-electron chi connectivity index (χ1n) is 6.97. The Morgan fingerprint density at radius 1 is 1.21 bits per heavy atom. The number of aryl methyl sites for hydroxylation is 2. The van der Waals surface area contributed by atoms with E-state index in [0.717, 1.165) is 30.1 Å². The standard InChI is InChI=1S/C14H21ClN4/c1-5-7-8-11(6-2)13-17-18-14-12(15)16-9(3)10(4)19(13)14/h11H,5-8H2,1-4H3. The van der Waals surface area contributed by atoms with Gasteiger partial charge in [0.25, 0.3) is 0 Å². The van der Waals surface area contributed by atoms with Crippen molar-refractivity contribution in [2.24, 2.45) is 0 Å². The van der Waals surface area contributed by atoms with E-state index in [0.29, 0.717) is 16.7 Å². The van der Waals surface area contributed by atoms with Crippen LogP contribution in [0.15, 0.2) is 0 Å². The van der Waals surface area contributed by atoms with Gasteiger partial charge in [-0.3, -0.25) is 4.40 Å². The van der Waals surface area contributed by atoms with E-state index in [4.69, 9.17) is 11.6 Å². The van der Waals surface area contributed by atoms with Crippen LogP contribution in [0, 0.1) is 13.8 Å². The van der Waals surface area contributed by atoms with Gasteiger partial charge in [-0.2, -0.15) is 0 Å². The highest BCUT2D eigenvalue weighted by Gasteiger charge is 2.20. The normalized spacial score (nSPS) is 13.1. The Balaban J connectivity index is 2.54. The van der Waals surface area contributed by atoms with E-state index in [9.17, 15) is 0 Å². The van der Waals surface area contributed by atoms with Gasteiger partial charge in [-0.1, -0.05) is 38.3 Å². The van der Waals surface area contributed by atoms with E-state index in [1.54, 1.807) is 0 Å². The summed E-state index contributed by atoms with van der Waals surface area (Å²) in [4.78, 5) is 4.30. The average Bonchev–Trinajstić information content (AvgIpc) is 2.82. The van der Waals surface area contributed by atoms with E-state index >= 15 is 0 Å². The van der Waals surface area contributed by atoms with Crippen molar-refractivity contribution >= 4 is 17.2 Å². The highest BCUT2D eigenvalue weighted by atomic mass is 35.5. The van der Waals surface area contributed by atoms with E-state index < -0.39 is 0 Å². The molecule has 0 aliphatic heterocycles. The number of halogens is 1. The van der Waals surface area contributed by atoms with Crippen molar-refractivity contribution in [3.63, 3.8) is 0 Å². The third-order valence-corrected chi connectivity index (χ3v) is 4.02. The maximum atomic E-state index is 6.17. The molecular formula is C14H21ClN4. The summed E-state index contributed by atoms with van der Waals surface area (Å²) < 4.78 is 2.08. The van der Waals surface area contributed by atoms with Crippen LogP contribution in [0.4, 0.5) is 0 Å². The van der Waals surface area contributed by atoms with Crippen LogP contribution < -0.4 is 0 Å². The Bertz CT molecular complexity index is 576. The van der Waals surface area contributed by atoms with E-state index in [-0.39, 0.29) is 0 Å². The van der Waals surface area contributed by atoms with Crippen LogP contribution in [0.3, 0.4) is 0 Å². The molecule has 4 nitrogen and oxygen atoms in total. The van der Waals surface area contributed by atoms with Crippen molar-refractivity contribution in [1.29, 1.82) is 0 Å². The largest absolute Gasteiger partial charge is 0.279 e. The number of hydrogen-bond acceptors (Lipinski definition) is 3. The number of aromatic nitrogens is 4. The lowest BCUT2D eigenvalue weighted by Gasteiger charge is -2.14. The lowest BCUT2D eigenvalue weighted by molar-refractivity contribution is 0.537. The van der Waals surface area contributed by atoms with Crippen molar-refractivity contribution in [3.8, 4) is 0 Å². The Morgan fingerprint density at radius 2 is 1.95 bits per heavy atom. The lowest BCUT2D eigenvalue weighted by atomic mass is 9.98. The maximum Gasteiger partial charge on any atom is 0.198 e. The smallest absolute Gasteiger partial charge is 0.198 e. The topological polar surface area (TPSA) is 43.1 Å². The summed E-state index contributed by atoms with van der Waals surface area (Å²) in [7, 11) is 0. The molecule has 2 rings (SSSR count). The number of fused-ring (bicyclic) bond motifs is 1. The monoisotopic (exact) mass is 280 g/mol. The molecule has 0 aromatic carbocycles. The van der Waals surface area contributed by atoms with Gasteiger partial charge in [0.2, 0.25) is 0 Å². The zero-order valence-electron chi connectivity index (χ0n) is 12.1. The Hall–Kier alpha value is -1.16. The van der Waals surface area contributed by atoms with Gasteiger partial charge < -0.3 is 0 Å². The number of unbranched alkanes of at least 4 members (excludes halogenated alkanes) is 1. The van der Waals surface area contributed by atoms with Crippen molar-refractivity contribution in [2.45, 2.75) is 59.3 Å². The van der Waals surface area contributed by atoms with Gasteiger partial charge in [0, 0.05) is 11.6 Å². The molecule has 0 N–H and O–H groups in total. The predicted octanol–water partition coefficient (Wildman–Crippen LogP) is 4.08. The van der Waals surface area contributed by atoms with Gasteiger partial charge in [0.1, 0.15) is 5.82 Å². The van der Waals surface area contributed by atoms with Gasteiger partial charge in [-0.15, -0.1) is 10.2 Å². The fourth-order valence-corrected chi connectivity index (χ4v) is 2.68. The minimum Gasteiger partial charge on any atom is -0.279 e. The van der Waals surface area contributed by atoms with E-state index in [1.165, 1.54) is 12.8 Å². The molecule has 0 bridgehead atoms. The molecule has 0 aliphatic carbocycles. The number of hydrogen-bond donors (Lipinski definition) is 0. The molecule has 1 atom stereocenters. The molecule has 0 radical (unpaired) electrons. The fourth-order valence-electron chi connectivity index (χ4n) is 2.43. The van der Waals surface area contributed by atoms with Crippen LogP contribution in [0.2, 0.25) is 5.15 Å². The molecule has 0 saturated carbocycles. The third kappa shape index (κ3) is 2.59. The van der Waals surface area contributed by atoms with Gasteiger partial charge in [-0.05, 0) is 26.7 Å². The first-order valence-corrected chi connectivity index (χ1v) is 7.35. The number of rotatable bonds is 5. The molecule has 5 heteroatoms. The summed E-state index contributed by atoms with van der Waals surface area (Å²) in [6.07, 6.45) is 4.63. The lowest BCUT2D eigenvalue weighted by Crippen LogP contribution is -2.08. The Morgan fingerprint density at radius 3 is 2.58 bits per heavy atom. The minimum absolute atomic E-state index is 0.437. The molecule has 19 heavy (non-hydrogen) atoms. The quantitative estimate of drug-likeness (QED) is 0.829. The Kier molecular flexibility index (Phi) is 4.40. The first kappa shape index (κ1) is 14.3. The molecule has 0 saturated heterocycles. The predicted molar refractivity (Wildman–Crippen MR) is 77.8 cm³/mol. The van der Waals surface area contributed by atoms with Crippen LogP contribution in [0.5, 0.6) is 0 Å². The molecule has 0 fully saturated rings. The second-order valence-electron chi connectivity index (χ2n) is 5.04. The molecule has 2 aromatic rings. The van der Waals surface area contributed by atoms with Gasteiger partial charge in [-0.25, -0.2) is 4.98 Å². The van der Waals surface area contributed by atoms with Crippen LogP contribution in [0.1, 0.15) is 62.7 Å². The minimum atomic E-state index is 0.437. The van der Waals surface area contributed by atoms with Crippen molar-refractivity contribution in [2.75, 3.05) is 0 Å². The van der Waals surface area contributed by atoms with E-state index in [1.807, 2.05) is 13.8 Å². The number of nitrogens with zero attached hydrogens (tertiary/aromatic N) is 4. The summed E-state index contributed by atoms with van der Waals surface area (Å²) >= 11 is 6.17. The highest BCUT2D eigenvalue weighted by molar-refractivity contribution is 6.32. The van der Waals surface area contributed by atoms with Crippen molar-refractivity contribution in [3.05, 3.63) is 22.4 Å². The summed E-state index contributed by atoms with van der Waals surface area (Å²) in [5, 5.41) is 9.02. The third-order valence-electron chi connectivity index (χ3n) is 3.76. The molecule has 2 aromatic heterocycles. The zero-order chi connectivity index (χ0) is 14.0. The molecule has 2 heterocycles. The van der Waals surface area contributed by atoms with Crippen LogP contribution in [-0.4, -0.2) is 19.6 Å². The van der Waals surface area contributed by atoms with Gasteiger partial charge in [0.05, 0.1) is 5.69 Å². The highest BCUT2D eigenvalue weighted by Crippen LogP contribution is 2.27. The summed E-state index contributed by atoms with van der Waals surface area (Å²) in [5.74, 6) is 1.46. The molecule has 1 unspecified atom stereocenters. The van der Waals surface area contributed by atoms with Gasteiger partial charge >= 0.3 is 0 Å². The van der Waals surface area contributed by atoms with Crippen LogP contribution in [0.25, 0.3) is 5.65 Å². The SMILES string of the molecule is CCCCC(CC)c1nnc2c(Cl)nc(C)c(C)n12. The molecular weight excluding hydrogens is 260 g/mol. The maximum absolute atomic E-state index is 6.17. The molecule has 0 spiro atoms. The van der Waals surface area contributed by atoms with Crippen LogP contribution in [-0.2, 0) is 0 Å². The summed E-state index contributed by atoms with van der Waals surface area (Å²) in [5.41, 5.74) is 2.69. The zero-order valence-corrected chi connectivity index (χ0v) is 12.8. The second kappa shape index (κ2) is 5.87. The van der Waals surface area contributed by atoms with Gasteiger partial charge in [0.15, 0.2) is 10.8 Å². The Labute approximate surface area is 119 Å². The van der Waals surface area contributed by atoms with Crippen LogP contribution >= 0.6 is 11.6 Å². The van der Waals surface area contributed by atoms with Crippen molar-refractivity contribution in [1.82, 2.24) is 19.6 Å². The van der Waals surface area contributed by atoms with E-state index in [2.05, 4.69) is 33.4 Å². The fraction of sp³-hybridized carbons (Fsp3) is 0.643. The average molecular weight is 281 g/mol. The van der Waals surface area contributed by atoms with Crippen molar-refractivity contribution < 1.29 is 0 Å². The summed E-state index contributed by atoms with van der Waals surface area (Å²) in [6, 6.07) is 0. The second-order valence-corrected chi connectivity index (χ2v) is 5.40. The molecule has 0 aliphatic rings. The molecule has 0 amide bonds. The first-order chi connectivity index (χ1) is 9.10. The molecule has 104 valence electrons. The summed E-state index contributed by atoms with van der Waals surface area (Å²) in [6.45, 7) is 8.43.